The van der Waals surface area contributed by atoms with Gasteiger partial charge in [0.15, 0.2) is 0 Å². The summed E-state index contributed by atoms with van der Waals surface area (Å²) in [6.45, 7) is 3.08. The van der Waals surface area contributed by atoms with Gasteiger partial charge in [0.1, 0.15) is 0 Å². The molecule has 0 bridgehead atoms. The average Bonchev–Trinajstić information content (AvgIpc) is 2.65. The Morgan fingerprint density at radius 1 is 1.16 bits per heavy atom. The van der Waals surface area contributed by atoms with E-state index < -0.39 is 10.0 Å². The number of nitrogens with one attached hydrogen (secondary N) is 1. The van der Waals surface area contributed by atoms with Gasteiger partial charge in [-0.1, -0.05) is 25.1 Å². The third-order valence-electron chi connectivity index (χ3n) is 4.28. The molecule has 1 amide bonds. The Morgan fingerprint density at radius 3 is 2.64 bits per heavy atom. The molecule has 1 N–H and O–H groups in total. The van der Waals surface area contributed by atoms with Crippen molar-refractivity contribution in [2.45, 2.75) is 31.1 Å². The number of carbonyl (C=O) groups is 1. The molecule has 0 radical (unpaired) electrons. The summed E-state index contributed by atoms with van der Waals surface area (Å²) < 4.78 is 27.4. The van der Waals surface area contributed by atoms with Gasteiger partial charge in [0.25, 0.3) is 15.9 Å². The quantitative estimate of drug-likeness (QED) is 0.893. The normalized spacial score (nSPS) is 14.0. The lowest BCUT2D eigenvalue weighted by Gasteiger charge is -2.30. The van der Waals surface area contributed by atoms with Gasteiger partial charge in [0.05, 0.1) is 10.6 Å². The van der Waals surface area contributed by atoms with E-state index in [2.05, 4.69) is 5.32 Å². The van der Waals surface area contributed by atoms with Crippen molar-refractivity contribution < 1.29 is 13.2 Å². The number of nitrogens with zero attached hydrogens (tertiary/aromatic N) is 1. The summed E-state index contributed by atoms with van der Waals surface area (Å²) in [5, 5.41) is 2.85. The molecule has 0 spiro atoms. The number of sulfonamides is 1. The fraction of sp³-hybridized carbons (Fsp3) is 0.316. The summed E-state index contributed by atoms with van der Waals surface area (Å²) in [4.78, 5) is 12.4. The van der Waals surface area contributed by atoms with Crippen molar-refractivity contribution >= 4 is 21.6 Å². The van der Waals surface area contributed by atoms with Crippen LogP contribution in [0.25, 0.3) is 0 Å². The Morgan fingerprint density at radius 2 is 1.92 bits per heavy atom. The highest BCUT2D eigenvalue weighted by Crippen LogP contribution is 2.32. The summed E-state index contributed by atoms with van der Waals surface area (Å²) in [5.41, 5.74) is 2.14. The van der Waals surface area contributed by atoms with Gasteiger partial charge in [-0.3, -0.25) is 9.10 Å². The van der Waals surface area contributed by atoms with Crippen LogP contribution in [-0.2, 0) is 16.4 Å². The Balaban J connectivity index is 1.94. The molecule has 132 valence electrons. The molecule has 2 aromatic rings. The van der Waals surface area contributed by atoms with E-state index in [0.717, 1.165) is 24.8 Å². The van der Waals surface area contributed by atoms with E-state index >= 15 is 0 Å². The van der Waals surface area contributed by atoms with E-state index in [9.17, 15) is 13.2 Å². The van der Waals surface area contributed by atoms with Crippen molar-refractivity contribution in [1.29, 1.82) is 0 Å². The van der Waals surface area contributed by atoms with E-state index in [0.29, 0.717) is 24.3 Å². The highest BCUT2D eigenvalue weighted by Gasteiger charge is 2.29. The molecule has 1 aliphatic rings. The molecule has 0 atom stereocenters. The van der Waals surface area contributed by atoms with Crippen LogP contribution in [-0.4, -0.2) is 27.4 Å². The maximum absolute atomic E-state index is 13.0. The molecule has 0 unspecified atom stereocenters. The Labute approximate surface area is 148 Å². The molecule has 0 saturated carbocycles. The third-order valence-corrected chi connectivity index (χ3v) is 6.11. The maximum Gasteiger partial charge on any atom is 0.264 e. The molecule has 6 heteroatoms. The lowest BCUT2D eigenvalue weighted by Crippen LogP contribution is -2.35. The van der Waals surface area contributed by atoms with E-state index in [4.69, 9.17) is 0 Å². The van der Waals surface area contributed by atoms with Crippen molar-refractivity contribution in [2.24, 2.45) is 0 Å². The van der Waals surface area contributed by atoms with Crippen molar-refractivity contribution in [3.8, 4) is 0 Å². The van der Waals surface area contributed by atoms with Gasteiger partial charge in [-0.05, 0) is 55.2 Å². The molecule has 3 rings (SSSR count). The number of benzene rings is 2. The van der Waals surface area contributed by atoms with Crippen LogP contribution >= 0.6 is 0 Å². The summed E-state index contributed by atoms with van der Waals surface area (Å²) in [6.07, 6.45) is 2.38. The number of hydrogen-bond donors (Lipinski definition) is 1. The monoisotopic (exact) mass is 358 g/mol. The summed E-state index contributed by atoms with van der Waals surface area (Å²) in [5.74, 6) is -0.118. The molecule has 0 saturated heterocycles. The summed E-state index contributed by atoms with van der Waals surface area (Å²) in [7, 11) is -3.59. The zero-order valence-corrected chi connectivity index (χ0v) is 15.1. The minimum absolute atomic E-state index is 0.118. The van der Waals surface area contributed by atoms with Gasteiger partial charge >= 0.3 is 0 Å². The fourth-order valence-electron chi connectivity index (χ4n) is 3.01. The smallest absolute Gasteiger partial charge is 0.264 e. The van der Waals surface area contributed by atoms with Gasteiger partial charge in [-0.25, -0.2) is 8.42 Å². The van der Waals surface area contributed by atoms with E-state index in [1.54, 1.807) is 42.5 Å². The van der Waals surface area contributed by atoms with Crippen LogP contribution < -0.4 is 9.62 Å². The van der Waals surface area contributed by atoms with Crippen LogP contribution in [0.3, 0.4) is 0 Å². The largest absolute Gasteiger partial charge is 0.352 e. The van der Waals surface area contributed by atoms with Crippen molar-refractivity contribution in [3.05, 3.63) is 59.7 Å². The predicted octanol–water partition coefficient (Wildman–Crippen LogP) is 2.97. The lowest BCUT2D eigenvalue weighted by molar-refractivity contribution is 0.0953. The average molecular weight is 358 g/mol. The molecular formula is C19H22N2O3S. The number of fused-ring (bicyclic) bond motifs is 1. The highest BCUT2D eigenvalue weighted by atomic mass is 32.2. The van der Waals surface area contributed by atoms with Crippen molar-refractivity contribution in [1.82, 2.24) is 5.32 Å². The maximum atomic E-state index is 13.0. The molecule has 5 nitrogen and oxygen atoms in total. The minimum atomic E-state index is -3.59. The van der Waals surface area contributed by atoms with E-state index in [1.165, 1.54) is 4.31 Å². The molecule has 0 aliphatic carbocycles. The number of aryl methyl sites for hydroxylation is 1. The first kappa shape index (κ1) is 17.5. The summed E-state index contributed by atoms with van der Waals surface area (Å²) >= 11 is 0. The molecule has 2 aromatic carbocycles. The number of carbonyl (C=O) groups excluding carboxylic acids is 1. The molecular weight excluding hydrogens is 336 g/mol. The second kappa shape index (κ2) is 7.27. The van der Waals surface area contributed by atoms with E-state index in [1.807, 2.05) is 13.0 Å². The minimum Gasteiger partial charge on any atom is -0.352 e. The van der Waals surface area contributed by atoms with Crippen LogP contribution in [0.2, 0.25) is 0 Å². The lowest BCUT2D eigenvalue weighted by atomic mass is 10.0. The standard InChI is InChI=1S/C19H22N2O3S/c1-2-12-20-19(22)16-10-11-18-15(14-16)7-6-13-21(18)25(23,24)17-8-4-3-5-9-17/h3-5,8-11,14H,2,6-7,12-13H2,1H3,(H,20,22). The first-order chi connectivity index (χ1) is 12.0. The van der Waals surface area contributed by atoms with Gasteiger partial charge in [0, 0.05) is 18.7 Å². The Bertz CT molecular complexity index is 863. The molecule has 0 fully saturated rings. The first-order valence-corrected chi connectivity index (χ1v) is 9.97. The van der Waals surface area contributed by atoms with Gasteiger partial charge in [0.2, 0.25) is 0 Å². The SMILES string of the molecule is CCCNC(=O)c1ccc2c(c1)CCCN2S(=O)(=O)c1ccccc1. The van der Waals surface area contributed by atoms with Gasteiger partial charge in [-0.15, -0.1) is 0 Å². The summed E-state index contributed by atoms with van der Waals surface area (Å²) in [6, 6.07) is 13.7. The molecule has 25 heavy (non-hydrogen) atoms. The highest BCUT2D eigenvalue weighted by molar-refractivity contribution is 7.92. The first-order valence-electron chi connectivity index (χ1n) is 8.53. The number of anilines is 1. The van der Waals surface area contributed by atoms with Crippen LogP contribution in [0.15, 0.2) is 53.4 Å². The Kier molecular flexibility index (Phi) is 5.08. The number of rotatable bonds is 5. The van der Waals surface area contributed by atoms with Crippen LogP contribution in [0.1, 0.15) is 35.7 Å². The second-order valence-electron chi connectivity index (χ2n) is 6.09. The predicted molar refractivity (Wildman–Crippen MR) is 98.4 cm³/mol. The molecule has 1 heterocycles. The van der Waals surface area contributed by atoms with E-state index in [-0.39, 0.29) is 10.8 Å². The van der Waals surface area contributed by atoms with Crippen LogP contribution in [0.5, 0.6) is 0 Å². The van der Waals surface area contributed by atoms with Crippen molar-refractivity contribution in [3.63, 3.8) is 0 Å². The second-order valence-corrected chi connectivity index (χ2v) is 7.96. The van der Waals surface area contributed by atoms with Gasteiger partial charge < -0.3 is 5.32 Å². The van der Waals surface area contributed by atoms with Crippen LogP contribution in [0, 0.1) is 0 Å². The Hall–Kier alpha value is -2.34. The molecule has 1 aliphatic heterocycles. The third kappa shape index (κ3) is 3.54. The van der Waals surface area contributed by atoms with Crippen LogP contribution in [0.4, 0.5) is 5.69 Å². The number of hydrogen-bond acceptors (Lipinski definition) is 3. The topological polar surface area (TPSA) is 66.5 Å². The molecule has 0 aromatic heterocycles. The fourth-order valence-corrected chi connectivity index (χ4v) is 4.58. The zero-order chi connectivity index (χ0) is 17.9. The zero-order valence-electron chi connectivity index (χ0n) is 14.2. The number of amides is 1. The van der Waals surface area contributed by atoms with Gasteiger partial charge in [-0.2, -0.15) is 0 Å². The van der Waals surface area contributed by atoms with Crippen molar-refractivity contribution in [2.75, 3.05) is 17.4 Å².